The summed E-state index contributed by atoms with van der Waals surface area (Å²) in [6.07, 6.45) is -0.794. The molecule has 2 aromatic rings. The zero-order valence-corrected chi connectivity index (χ0v) is 19.1. The van der Waals surface area contributed by atoms with Crippen LogP contribution in [0.2, 0.25) is 5.02 Å². The lowest BCUT2D eigenvalue weighted by Gasteiger charge is -2.30. The summed E-state index contributed by atoms with van der Waals surface area (Å²) >= 11 is 7.25. The molecular formula is C21H24ClF3N4O2S. The molecular weight excluding hydrogens is 465 g/mol. The van der Waals surface area contributed by atoms with Crippen molar-refractivity contribution in [1.29, 1.82) is 0 Å². The Hall–Kier alpha value is -1.94. The second-order valence-electron chi connectivity index (χ2n) is 8.22. The van der Waals surface area contributed by atoms with Gasteiger partial charge >= 0.3 is 6.18 Å². The van der Waals surface area contributed by atoms with Crippen molar-refractivity contribution in [3.8, 4) is 5.75 Å². The van der Waals surface area contributed by atoms with E-state index in [2.05, 4.69) is 10.2 Å². The molecule has 0 saturated heterocycles. The predicted octanol–water partition coefficient (Wildman–Crippen LogP) is 5.13. The third-order valence-corrected chi connectivity index (χ3v) is 6.87. The van der Waals surface area contributed by atoms with Crippen molar-refractivity contribution in [3.63, 3.8) is 0 Å². The van der Waals surface area contributed by atoms with Crippen molar-refractivity contribution in [2.75, 3.05) is 12.3 Å². The van der Waals surface area contributed by atoms with Crippen molar-refractivity contribution >= 4 is 29.3 Å². The quantitative estimate of drug-likeness (QED) is 0.434. The number of para-hydroxylation sites is 1. The number of alkyl halides is 3. The van der Waals surface area contributed by atoms with Crippen LogP contribution in [0, 0.1) is 5.92 Å². The van der Waals surface area contributed by atoms with Crippen LogP contribution in [0.4, 0.5) is 13.2 Å². The largest absolute Gasteiger partial charge is 0.484 e. The summed E-state index contributed by atoms with van der Waals surface area (Å²) < 4.78 is 46.9. The lowest BCUT2D eigenvalue weighted by molar-refractivity contribution is -0.164. The maximum atomic E-state index is 13.1. The predicted molar refractivity (Wildman–Crippen MR) is 115 cm³/mol. The zero-order chi connectivity index (χ0) is 22.9. The number of hydrogen-bond donors (Lipinski definition) is 0. The zero-order valence-electron chi connectivity index (χ0n) is 17.5. The smallest absolute Gasteiger partial charge is 0.406 e. The first-order valence-electron chi connectivity index (χ1n) is 10.5. The van der Waals surface area contributed by atoms with Crippen LogP contribution >= 0.6 is 23.4 Å². The molecule has 4 rings (SSSR count). The van der Waals surface area contributed by atoms with E-state index in [-0.39, 0.29) is 24.3 Å². The Morgan fingerprint density at radius 3 is 2.62 bits per heavy atom. The molecule has 1 atom stereocenters. The van der Waals surface area contributed by atoms with Gasteiger partial charge in [-0.3, -0.25) is 9.36 Å². The second kappa shape index (κ2) is 9.51. The van der Waals surface area contributed by atoms with Gasteiger partial charge in [0.1, 0.15) is 18.9 Å². The first-order valence-corrected chi connectivity index (χ1v) is 11.9. The number of rotatable bonds is 10. The van der Waals surface area contributed by atoms with E-state index in [0.29, 0.717) is 21.8 Å². The number of carbonyl (C=O) groups excluding carboxylic acids is 1. The molecule has 1 amide bonds. The monoisotopic (exact) mass is 488 g/mol. The molecule has 2 aliphatic carbocycles. The molecule has 2 aliphatic rings. The molecule has 2 saturated carbocycles. The van der Waals surface area contributed by atoms with Gasteiger partial charge in [-0.15, -0.1) is 10.2 Å². The van der Waals surface area contributed by atoms with Crippen molar-refractivity contribution in [2.24, 2.45) is 5.92 Å². The molecule has 1 aromatic carbocycles. The molecule has 1 aromatic heterocycles. The highest BCUT2D eigenvalue weighted by Gasteiger charge is 2.40. The Labute approximate surface area is 193 Å². The van der Waals surface area contributed by atoms with Gasteiger partial charge in [0, 0.05) is 12.1 Å². The van der Waals surface area contributed by atoms with Gasteiger partial charge < -0.3 is 9.64 Å². The van der Waals surface area contributed by atoms with Crippen LogP contribution in [-0.4, -0.2) is 50.1 Å². The number of halogens is 4. The maximum Gasteiger partial charge on any atom is 0.406 e. The summed E-state index contributed by atoms with van der Waals surface area (Å²) in [7, 11) is 0. The molecule has 1 unspecified atom stereocenters. The van der Waals surface area contributed by atoms with Gasteiger partial charge in [-0.25, -0.2) is 0 Å². The normalized spacial score (nSPS) is 17.3. The SMILES string of the molecule is CC(C1CC1)N(CC(F)(F)F)C(=O)CSc1nnc(COc2ccccc2Cl)n1C1CC1. The summed E-state index contributed by atoms with van der Waals surface area (Å²) in [5.74, 6) is 0.617. The number of nitrogens with zero attached hydrogens (tertiary/aromatic N) is 4. The highest BCUT2D eigenvalue weighted by molar-refractivity contribution is 7.99. The van der Waals surface area contributed by atoms with Crippen LogP contribution < -0.4 is 4.74 Å². The fraction of sp³-hybridized carbons (Fsp3) is 0.571. The first-order chi connectivity index (χ1) is 15.2. The molecule has 11 heteroatoms. The molecule has 2 fully saturated rings. The molecule has 0 N–H and O–H groups in total. The van der Waals surface area contributed by atoms with E-state index in [1.807, 2.05) is 10.6 Å². The number of amides is 1. The fourth-order valence-electron chi connectivity index (χ4n) is 3.60. The number of ether oxygens (including phenoxy) is 1. The first kappa shape index (κ1) is 23.2. The minimum atomic E-state index is -4.43. The lowest BCUT2D eigenvalue weighted by atomic mass is 10.2. The van der Waals surface area contributed by atoms with E-state index in [0.717, 1.165) is 42.3 Å². The standard InChI is InChI=1S/C21H24ClF3N4O2S/c1-13(14-6-7-14)28(12-21(23,24)25)19(30)11-32-20-27-26-18(29(20)15-8-9-15)10-31-17-5-3-2-4-16(17)22/h2-5,13-15H,6-12H2,1H3. The van der Waals surface area contributed by atoms with Crippen LogP contribution in [0.1, 0.15) is 44.5 Å². The van der Waals surface area contributed by atoms with Gasteiger partial charge in [0.15, 0.2) is 11.0 Å². The van der Waals surface area contributed by atoms with E-state index in [1.165, 1.54) is 0 Å². The summed E-state index contributed by atoms with van der Waals surface area (Å²) in [5, 5.41) is 9.38. The van der Waals surface area contributed by atoms with Crippen molar-refractivity contribution < 1.29 is 22.7 Å². The topological polar surface area (TPSA) is 60.3 Å². The van der Waals surface area contributed by atoms with Gasteiger partial charge in [0.05, 0.1) is 10.8 Å². The minimum Gasteiger partial charge on any atom is -0.484 e. The van der Waals surface area contributed by atoms with Crippen LogP contribution in [0.15, 0.2) is 29.4 Å². The van der Waals surface area contributed by atoms with Crippen molar-refractivity contribution in [3.05, 3.63) is 35.1 Å². The maximum absolute atomic E-state index is 13.1. The third kappa shape index (κ3) is 5.89. The molecule has 6 nitrogen and oxygen atoms in total. The van der Waals surface area contributed by atoms with Crippen LogP contribution in [0.5, 0.6) is 5.75 Å². The summed E-state index contributed by atoms with van der Waals surface area (Å²) in [5.41, 5.74) is 0. The van der Waals surface area contributed by atoms with Gasteiger partial charge in [-0.05, 0) is 50.7 Å². The average Bonchev–Trinajstić information content (AvgIpc) is 3.66. The highest BCUT2D eigenvalue weighted by Crippen LogP contribution is 2.40. The fourth-order valence-corrected chi connectivity index (χ4v) is 4.70. The molecule has 0 radical (unpaired) electrons. The van der Waals surface area contributed by atoms with Gasteiger partial charge in [-0.2, -0.15) is 13.2 Å². The Kier molecular flexibility index (Phi) is 6.90. The van der Waals surface area contributed by atoms with E-state index in [9.17, 15) is 18.0 Å². The van der Waals surface area contributed by atoms with Crippen LogP contribution in [0.25, 0.3) is 0 Å². The molecule has 174 valence electrons. The van der Waals surface area contributed by atoms with E-state index in [1.54, 1.807) is 25.1 Å². The molecule has 0 bridgehead atoms. The summed E-state index contributed by atoms with van der Waals surface area (Å²) in [6.45, 7) is 0.625. The van der Waals surface area contributed by atoms with Gasteiger partial charge in [-0.1, -0.05) is 35.5 Å². The van der Waals surface area contributed by atoms with Crippen molar-refractivity contribution in [2.45, 2.75) is 62.6 Å². The van der Waals surface area contributed by atoms with E-state index < -0.39 is 24.7 Å². The molecule has 32 heavy (non-hydrogen) atoms. The number of thioether (sulfide) groups is 1. The number of hydrogen-bond acceptors (Lipinski definition) is 5. The summed E-state index contributed by atoms with van der Waals surface area (Å²) in [6, 6.07) is 6.89. The highest BCUT2D eigenvalue weighted by atomic mass is 35.5. The third-order valence-electron chi connectivity index (χ3n) is 5.63. The van der Waals surface area contributed by atoms with Crippen LogP contribution in [0.3, 0.4) is 0 Å². The van der Waals surface area contributed by atoms with Crippen molar-refractivity contribution in [1.82, 2.24) is 19.7 Å². The summed E-state index contributed by atoms with van der Waals surface area (Å²) in [4.78, 5) is 13.7. The molecule has 1 heterocycles. The number of benzene rings is 1. The molecule has 0 aliphatic heterocycles. The van der Waals surface area contributed by atoms with E-state index in [4.69, 9.17) is 16.3 Å². The molecule has 0 spiro atoms. The lowest BCUT2D eigenvalue weighted by Crippen LogP contribution is -2.46. The van der Waals surface area contributed by atoms with E-state index >= 15 is 0 Å². The van der Waals surface area contributed by atoms with Crippen LogP contribution in [-0.2, 0) is 11.4 Å². The second-order valence-corrected chi connectivity index (χ2v) is 9.57. The Bertz CT molecular complexity index is 963. The Morgan fingerprint density at radius 1 is 1.28 bits per heavy atom. The van der Waals surface area contributed by atoms with Gasteiger partial charge in [0.2, 0.25) is 5.91 Å². The Balaban J connectivity index is 1.42. The number of carbonyl (C=O) groups is 1. The number of aromatic nitrogens is 3. The minimum absolute atomic E-state index is 0.122. The average molecular weight is 489 g/mol. The van der Waals surface area contributed by atoms with Gasteiger partial charge in [0.25, 0.3) is 0 Å². The Morgan fingerprint density at radius 2 is 2.00 bits per heavy atom.